The van der Waals surface area contributed by atoms with Crippen LogP contribution >= 0.6 is 11.6 Å². The van der Waals surface area contributed by atoms with Gasteiger partial charge in [-0.25, -0.2) is 21.7 Å². The molecule has 0 spiro atoms. The van der Waals surface area contributed by atoms with Crippen molar-refractivity contribution in [2.45, 2.75) is 35.8 Å². The molecule has 0 saturated carbocycles. The van der Waals surface area contributed by atoms with Gasteiger partial charge in [0.2, 0.25) is 0 Å². The van der Waals surface area contributed by atoms with Gasteiger partial charge in [-0.1, -0.05) is 35.9 Å². The fourth-order valence-corrected chi connectivity index (χ4v) is 7.06. The summed E-state index contributed by atoms with van der Waals surface area (Å²) in [5.74, 6) is -0.291. The van der Waals surface area contributed by atoms with Crippen molar-refractivity contribution >= 4 is 44.1 Å². The van der Waals surface area contributed by atoms with Crippen LogP contribution in [0.25, 0.3) is 11.6 Å². The first-order chi connectivity index (χ1) is 18.3. The Labute approximate surface area is 231 Å². The van der Waals surface area contributed by atoms with Crippen molar-refractivity contribution in [1.29, 1.82) is 0 Å². The molecule has 4 rings (SSSR count). The summed E-state index contributed by atoms with van der Waals surface area (Å²) in [6.45, 7) is 1.72. The third-order valence-corrected chi connectivity index (χ3v) is 9.27. The molecule has 0 aliphatic carbocycles. The van der Waals surface area contributed by atoms with Crippen LogP contribution in [0.2, 0.25) is 5.02 Å². The summed E-state index contributed by atoms with van der Waals surface area (Å²) in [6.07, 6.45) is -2.49. The fraction of sp³-hybridized carbons (Fsp3) is 0.259. The first-order valence-electron chi connectivity index (χ1n) is 11.7. The summed E-state index contributed by atoms with van der Waals surface area (Å²) in [5.41, 5.74) is 0.371. The van der Waals surface area contributed by atoms with E-state index < -0.39 is 54.6 Å². The van der Waals surface area contributed by atoms with Crippen LogP contribution in [-0.2, 0) is 27.0 Å². The molecular weight excluding hydrogens is 578 g/mol. The number of nitrogens with one attached hydrogen (secondary N) is 1. The zero-order valence-corrected chi connectivity index (χ0v) is 23.1. The number of ether oxygens (including phenoxy) is 1. The summed E-state index contributed by atoms with van der Waals surface area (Å²) in [5, 5.41) is -1.05. The SMILES string of the molecule is C/C(=C\c1ccc2c(c1)C(S(=O)(=O)c1cccc(C(F)(F)F)c1)CC(CNS(C)=O)O2)c1c(F)cccc1Cl. The molecule has 0 aromatic heterocycles. The number of sulfone groups is 1. The Kier molecular flexibility index (Phi) is 8.55. The Morgan fingerprint density at radius 3 is 2.54 bits per heavy atom. The Hall–Kier alpha value is -2.73. The maximum absolute atomic E-state index is 14.4. The van der Waals surface area contributed by atoms with E-state index >= 15 is 0 Å². The summed E-state index contributed by atoms with van der Waals surface area (Å²) >= 11 is 6.18. The van der Waals surface area contributed by atoms with E-state index in [2.05, 4.69) is 4.72 Å². The minimum absolute atomic E-state index is 0.0592. The van der Waals surface area contributed by atoms with Gasteiger partial charge in [0, 0.05) is 30.3 Å². The first-order valence-corrected chi connectivity index (χ1v) is 15.2. The average molecular weight is 602 g/mol. The van der Waals surface area contributed by atoms with Crippen molar-refractivity contribution < 1.29 is 34.9 Å². The van der Waals surface area contributed by atoms with E-state index in [4.69, 9.17) is 16.3 Å². The van der Waals surface area contributed by atoms with Gasteiger partial charge in [-0.2, -0.15) is 13.2 Å². The van der Waals surface area contributed by atoms with Gasteiger partial charge < -0.3 is 4.74 Å². The van der Waals surface area contributed by atoms with E-state index in [1.165, 1.54) is 18.4 Å². The topological polar surface area (TPSA) is 72.5 Å². The lowest BCUT2D eigenvalue weighted by Crippen LogP contribution is -2.37. The van der Waals surface area contributed by atoms with Crippen molar-refractivity contribution in [3.8, 4) is 5.75 Å². The zero-order chi connectivity index (χ0) is 28.5. The monoisotopic (exact) mass is 601 g/mol. The molecule has 0 radical (unpaired) electrons. The van der Waals surface area contributed by atoms with Gasteiger partial charge >= 0.3 is 6.18 Å². The number of fused-ring (bicyclic) bond motifs is 1. The molecule has 3 aromatic carbocycles. The van der Waals surface area contributed by atoms with Gasteiger partial charge in [-0.05, 0) is 60.5 Å². The second-order valence-electron chi connectivity index (χ2n) is 9.06. The molecule has 1 heterocycles. The molecule has 0 amide bonds. The summed E-state index contributed by atoms with van der Waals surface area (Å²) in [4.78, 5) is -0.476. The second-order valence-corrected chi connectivity index (χ2v) is 12.8. The highest BCUT2D eigenvalue weighted by Crippen LogP contribution is 2.44. The van der Waals surface area contributed by atoms with Crippen LogP contribution in [0.4, 0.5) is 17.6 Å². The van der Waals surface area contributed by atoms with Crippen LogP contribution in [-0.4, -0.2) is 31.5 Å². The summed E-state index contributed by atoms with van der Waals surface area (Å²) in [7, 11) is -5.72. The molecule has 0 bridgehead atoms. The molecule has 3 unspecified atom stereocenters. The number of hydrogen-bond acceptors (Lipinski definition) is 4. The van der Waals surface area contributed by atoms with Crippen molar-refractivity contribution in [2.24, 2.45) is 0 Å². The third-order valence-electron chi connectivity index (χ3n) is 6.27. The molecule has 1 N–H and O–H groups in total. The van der Waals surface area contributed by atoms with E-state index in [9.17, 15) is 30.2 Å². The minimum Gasteiger partial charge on any atom is -0.489 e. The molecule has 12 heteroatoms. The Balaban J connectivity index is 1.80. The molecule has 208 valence electrons. The van der Waals surface area contributed by atoms with Crippen molar-refractivity contribution in [1.82, 2.24) is 4.72 Å². The highest BCUT2D eigenvalue weighted by atomic mass is 35.5. The second kappa shape index (κ2) is 11.4. The van der Waals surface area contributed by atoms with Gasteiger partial charge in [-0.15, -0.1) is 0 Å². The van der Waals surface area contributed by atoms with Crippen LogP contribution in [0.1, 0.15) is 40.8 Å². The Morgan fingerprint density at radius 1 is 1.15 bits per heavy atom. The van der Waals surface area contributed by atoms with Crippen molar-refractivity contribution in [3.05, 3.63) is 93.8 Å². The van der Waals surface area contributed by atoms with Crippen molar-refractivity contribution in [3.63, 3.8) is 0 Å². The van der Waals surface area contributed by atoms with E-state index in [1.54, 1.807) is 37.3 Å². The largest absolute Gasteiger partial charge is 0.489 e. The summed E-state index contributed by atoms with van der Waals surface area (Å²) in [6, 6.07) is 12.7. The molecule has 5 nitrogen and oxygen atoms in total. The van der Waals surface area contributed by atoms with Gasteiger partial charge in [0.15, 0.2) is 9.84 Å². The lowest BCUT2D eigenvalue weighted by molar-refractivity contribution is -0.137. The maximum atomic E-state index is 14.4. The molecular formula is C27H24ClF4NO4S2. The average Bonchev–Trinajstić information content (AvgIpc) is 2.86. The van der Waals surface area contributed by atoms with Crippen LogP contribution in [0, 0.1) is 5.82 Å². The molecule has 1 aliphatic heterocycles. The zero-order valence-electron chi connectivity index (χ0n) is 20.8. The third kappa shape index (κ3) is 6.54. The number of allylic oxidation sites excluding steroid dienone is 1. The molecule has 39 heavy (non-hydrogen) atoms. The first kappa shape index (κ1) is 29.3. The van der Waals surface area contributed by atoms with E-state index in [0.29, 0.717) is 17.2 Å². The smallest absolute Gasteiger partial charge is 0.416 e. The highest BCUT2D eigenvalue weighted by Gasteiger charge is 2.39. The number of halogens is 5. The standard InChI is InChI=1S/C27H24ClF4NO4S2/c1-16(26-22(28)7-4-8-23(26)29)11-17-9-10-24-21(12-17)25(14-19(37-24)15-33-38(2)34)39(35,36)20-6-3-5-18(13-20)27(30,31)32/h3-13,19,25,33H,14-15H2,1-2H3/b16-11+. The van der Waals surface area contributed by atoms with Crippen LogP contribution in [0.3, 0.4) is 0 Å². The Morgan fingerprint density at radius 2 is 1.87 bits per heavy atom. The number of hydrogen-bond donors (Lipinski definition) is 1. The van der Waals surface area contributed by atoms with Gasteiger partial charge in [0.1, 0.15) is 17.7 Å². The lowest BCUT2D eigenvalue weighted by Gasteiger charge is -2.32. The van der Waals surface area contributed by atoms with E-state index in [1.807, 2.05) is 0 Å². The molecule has 0 saturated heterocycles. The van der Waals surface area contributed by atoms with Gasteiger partial charge in [-0.3, -0.25) is 0 Å². The minimum atomic E-state index is -4.72. The van der Waals surface area contributed by atoms with Crippen LogP contribution in [0.5, 0.6) is 5.75 Å². The molecule has 3 aromatic rings. The summed E-state index contributed by atoms with van der Waals surface area (Å²) < 4.78 is 102. The molecule has 0 fully saturated rings. The fourth-order valence-electron chi connectivity index (χ4n) is 4.45. The predicted molar refractivity (Wildman–Crippen MR) is 144 cm³/mol. The lowest BCUT2D eigenvalue weighted by atomic mass is 9.97. The number of alkyl halides is 3. The normalized spacial score (nSPS) is 18.8. The van der Waals surface area contributed by atoms with Crippen LogP contribution < -0.4 is 9.46 Å². The number of benzene rings is 3. The van der Waals surface area contributed by atoms with E-state index in [0.717, 1.165) is 18.2 Å². The van der Waals surface area contributed by atoms with Gasteiger partial charge in [0.25, 0.3) is 0 Å². The number of rotatable bonds is 7. The van der Waals surface area contributed by atoms with Gasteiger partial charge in [0.05, 0.1) is 31.7 Å². The maximum Gasteiger partial charge on any atom is 0.416 e. The molecule has 1 aliphatic rings. The highest BCUT2D eigenvalue weighted by molar-refractivity contribution is 7.91. The van der Waals surface area contributed by atoms with E-state index in [-0.39, 0.29) is 34.9 Å². The van der Waals surface area contributed by atoms with Crippen LogP contribution in [0.15, 0.2) is 65.6 Å². The predicted octanol–water partition coefficient (Wildman–Crippen LogP) is 6.61. The molecule has 3 atom stereocenters. The Bertz CT molecular complexity index is 1540. The quantitative estimate of drug-likeness (QED) is 0.244. The van der Waals surface area contributed by atoms with Crippen molar-refractivity contribution in [2.75, 3.05) is 12.8 Å².